The number of hydrogen-bond donors (Lipinski definition) is 0. The van der Waals surface area contributed by atoms with Gasteiger partial charge in [-0.2, -0.15) is 0 Å². The zero-order valence-electron chi connectivity index (χ0n) is 16.5. The molecule has 0 spiro atoms. The van der Waals surface area contributed by atoms with Gasteiger partial charge in [0.1, 0.15) is 5.75 Å². The lowest BCUT2D eigenvalue weighted by Crippen LogP contribution is -2.43. The van der Waals surface area contributed by atoms with Crippen LogP contribution in [0, 0.1) is 0 Å². The number of anilines is 2. The monoisotopic (exact) mass is 389 g/mol. The number of hydrogen-bond acceptors (Lipinski definition) is 6. The van der Waals surface area contributed by atoms with E-state index in [9.17, 15) is 4.79 Å². The fourth-order valence-electron chi connectivity index (χ4n) is 3.46. The first-order valence-corrected chi connectivity index (χ1v) is 10.2. The molecule has 2 heterocycles. The topological polar surface area (TPSA) is 63.5 Å². The zero-order valence-corrected chi connectivity index (χ0v) is 17.4. The summed E-state index contributed by atoms with van der Waals surface area (Å²) in [5, 5.41) is 9.45. The Morgan fingerprint density at radius 2 is 1.81 bits per heavy atom. The van der Waals surface area contributed by atoms with Crippen molar-refractivity contribution in [1.29, 1.82) is 0 Å². The van der Waals surface area contributed by atoms with Gasteiger partial charge in [0.2, 0.25) is 11.9 Å². The minimum atomic E-state index is 0.132. The first-order chi connectivity index (χ1) is 12.9. The summed E-state index contributed by atoms with van der Waals surface area (Å²) >= 11 is 1.46. The summed E-state index contributed by atoms with van der Waals surface area (Å²) in [4.78, 5) is 16.6. The molecular formula is C19H27N5O2S. The van der Waals surface area contributed by atoms with Gasteiger partial charge in [0.05, 0.1) is 12.9 Å². The lowest BCUT2D eigenvalue weighted by atomic mass is 10.2. The van der Waals surface area contributed by atoms with Crippen LogP contribution in [0.15, 0.2) is 29.4 Å². The Balaban J connectivity index is 1.69. The molecule has 7 nitrogen and oxygen atoms in total. The molecule has 1 aliphatic rings. The van der Waals surface area contributed by atoms with E-state index in [0.29, 0.717) is 5.75 Å². The van der Waals surface area contributed by atoms with Gasteiger partial charge in [-0.1, -0.05) is 11.8 Å². The van der Waals surface area contributed by atoms with Gasteiger partial charge in [-0.05, 0) is 52.0 Å². The molecule has 0 N–H and O–H groups in total. The number of thioether (sulfide) groups is 1. The predicted octanol–water partition coefficient (Wildman–Crippen LogP) is 3.18. The van der Waals surface area contributed by atoms with Crippen LogP contribution in [0.25, 0.3) is 0 Å². The van der Waals surface area contributed by atoms with Crippen molar-refractivity contribution in [3.8, 4) is 5.75 Å². The van der Waals surface area contributed by atoms with Gasteiger partial charge < -0.3 is 14.5 Å². The summed E-state index contributed by atoms with van der Waals surface area (Å²) < 4.78 is 7.30. The maximum atomic E-state index is 12.6. The highest BCUT2D eigenvalue weighted by molar-refractivity contribution is 7.99. The number of carbonyl (C=O) groups excluding carboxylic acids is 1. The van der Waals surface area contributed by atoms with E-state index >= 15 is 0 Å². The number of amides is 1. The molecule has 0 saturated carbocycles. The summed E-state index contributed by atoms with van der Waals surface area (Å²) in [5.74, 6) is 2.15. The predicted molar refractivity (Wildman–Crippen MR) is 108 cm³/mol. The SMILES string of the molecule is COc1ccc(N2CCn3c(SCC(=O)N(C(C)C)C(C)C)nnc32)cc1. The van der Waals surface area contributed by atoms with Gasteiger partial charge in [0.15, 0.2) is 5.16 Å². The van der Waals surface area contributed by atoms with E-state index in [4.69, 9.17) is 4.74 Å². The van der Waals surface area contributed by atoms with Crippen molar-refractivity contribution in [1.82, 2.24) is 19.7 Å². The van der Waals surface area contributed by atoms with Crippen molar-refractivity contribution in [2.75, 3.05) is 24.3 Å². The number of methoxy groups -OCH3 is 1. The van der Waals surface area contributed by atoms with E-state index < -0.39 is 0 Å². The van der Waals surface area contributed by atoms with E-state index in [1.54, 1.807) is 7.11 Å². The lowest BCUT2D eigenvalue weighted by molar-refractivity contribution is -0.131. The first-order valence-electron chi connectivity index (χ1n) is 9.21. The Bertz CT molecular complexity index is 780. The van der Waals surface area contributed by atoms with Crippen LogP contribution in [0.4, 0.5) is 11.6 Å². The number of nitrogens with zero attached hydrogens (tertiary/aromatic N) is 5. The largest absolute Gasteiger partial charge is 0.497 e. The molecule has 1 aliphatic heterocycles. The summed E-state index contributed by atoms with van der Waals surface area (Å²) in [6.45, 7) is 9.83. The Kier molecular flexibility index (Phi) is 5.94. The van der Waals surface area contributed by atoms with E-state index in [2.05, 4.69) is 19.7 Å². The van der Waals surface area contributed by atoms with Gasteiger partial charge in [0.25, 0.3) is 0 Å². The van der Waals surface area contributed by atoms with Crippen LogP contribution in [0.3, 0.4) is 0 Å². The minimum absolute atomic E-state index is 0.132. The maximum Gasteiger partial charge on any atom is 0.233 e. The molecule has 3 rings (SSSR count). The van der Waals surface area contributed by atoms with Gasteiger partial charge in [-0.3, -0.25) is 9.36 Å². The number of fused-ring (bicyclic) bond motifs is 1. The normalized spacial score (nSPS) is 13.4. The summed E-state index contributed by atoms with van der Waals surface area (Å²) in [6, 6.07) is 8.29. The van der Waals surface area contributed by atoms with Crippen molar-refractivity contribution >= 4 is 29.3 Å². The molecule has 0 aliphatic carbocycles. The standard InChI is InChI=1S/C19H27N5O2S/c1-13(2)24(14(3)4)17(25)12-27-19-21-20-18-22(10-11-23(18)19)15-6-8-16(26-5)9-7-15/h6-9,13-14H,10-12H2,1-5H3. The second-order valence-electron chi connectivity index (χ2n) is 7.06. The third kappa shape index (κ3) is 4.05. The van der Waals surface area contributed by atoms with Crippen molar-refractivity contribution in [3.05, 3.63) is 24.3 Å². The van der Waals surface area contributed by atoms with Gasteiger partial charge in [0, 0.05) is 30.9 Å². The quantitative estimate of drug-likeness (QED) is 0.678. The second kappa shape index (κ2) is 8.21. The fourth-order valence-corrected chi connectivity index (χ4v) is 4.29. The summed E-state index contributed by atoms with van der Waals surface area (Å²) in [5.41, 5.74) is 1.06. The molecule has 0 radical (unpaired) electrons. The van der Waals surface area contributed by atoms with Crippen LogP contribution in [-0.4, -0.2) is 57.1 Å². The third-order valence-corrected chi connectivity index (χ3v) is 5.55. The maximum absolute atomic E-state index is 12.6. The minimum Gasteiger partial charge on any atom is -0.497 e. The highest BCUT2D eigenvalue weighted by Gasteiger charge is 2.27. The summed E-state index contributed by atoms with van der Waals surface area (Å²) in [7, 11) is 1.66. The van der Waals surface area contributed by atoms with Crippen LogP contribution < -0.4 is 9.64 Å². The van der Waals surface area contributed by atoms with Gasteiger partial charge >= 0.3 is 0 Å². The van der Waals surface area contributed by atoms with E-state index in [0.717, 1.165) is 35.6 Å². The molecule has 0 saturated heterocycles. The molecule has 1 aromatic heterocycles. The summed E-state index contributed by atoms with van der Waals surface area (Å²) in [6.07, 6.45) is 0. The third-order valence-electron chi connectivity index (χ3n) is 4.60. The number of carbonyl (C=O) groups is 1. The van der Waals surface area contributed by atoms with Gasteiger partial charge in [-0.25, -0.2) is 0 Å². The fraction of sp³-hybridized carbons (Fsp3) is 0.526. The second-order valence-corrected chi connectivity index (χ2v) is 8.00. The number of aromatic nitrogens is 3. The number of ether oxygens (including phenoxy) is 1. The van der Waals surface area contributed by atoms with Crippen LogP contribution in [0.5, 0.6) is 5.75 Å². The Morgan fingerprint density at radius 3 is 2.41 bits per heavy atom. The number of rotatable bonds is 7. The average Bonchev–Trinajstić information content (AvgIpc) is 3.21. The van der Waals surface area contributed by atoms with Gasteiger partial charge in [-0.15, -0.1) is 10.2 Å². The van der Waals surface area contributed by atoms with Crippen LogP contribution in [0.2, 0.25) is 0 Å². The van der Waals surface area contributed by atoms with Crippen molar-refractivity contribution in [2.24, 2.45) is 0 Å². The smallest absolute Gasteiger partial charge is 0.233 e. The average molecular weight is 390 g/mol. The highest BCUT2D eigenvalue weighted by atomic mass is 32.2. The van der Waals surface area contributed by atoms with Crippen LogP contribution in [0.1, 0.15) is 27.7 Å². The van der Waals surface area contributed by atoms with Crippen LogP contribution in [-0.2, 0) is 11.3 Å². The Morgan fingerprint density at radius 1 is 1.15 bits per heavy atom. The molecule has 2 aromatic rings. The number of benzene rings is 1. The molecule has 0 fully saturated rings. The van der Waals surface area contributed by atoms with Crippen molar-refractivity contribution in [2.45, 2.75) is 51.5 Å². The molecule has 146 valence electrons. The molecule has 27 heavy (non-hydrogen) atoms. The van der Waals surface area contributed by atoms with E-state index in [1.807, 2.05) is 56.9 Å². The molecule has 1 amide bonds. The highest BCUT2D eigenvalue weighted by Crippen LogP contribution is 2.33. The van der Waals surface area contributed by atoms with Crippen LogP contribution >= 0.6 is 11.8 Å². The first kappa shape index (κ1) is 19.5. The lowest BCUT2D eigenvalue weighted by Gasteiger charge is -2.30. The zero-order chi connectivity index (χ0) is 19.6. The Hall–Kier alpha value is -2.22. The molecule has 0 unspecified atom stereocenters. The molecule has 0 atom stereocenters. The Labute approximate surface area is 164 Å². The molecule has 0 bridgehead atoms. The van der Waals surface area contributed by atoms with E-state index in [1.165, 1.54) is 11.8 Å². The van der Waals surface area contributed by atoms with E-state index in [-0.39, 0.29) is 18.0 Å². The van der Waals surface area contributed by atoms with Crippen molar-refractivity contribution in [3.63, 3.8) is 0 Å². The molecular weight excluding hydrogens is 362 g/mol. The van der Waals surface area contributed by atoms with Crippen molar-refractivity contribution < 1.29 is 9.53 Å². The molecule has 8 heteroatoms. The molecule has 1 aromatic carbocycles.